The maximum Gasteiger partial charge on any atom is 1.00 e. The first-order valence-corrected chi connectivity index (χ1v) is 10.5. The van der Waals surface area contributed by atoms with E-state index in [0.29, 0.717) is 10.6 Å². The maximum absolute atomic E-state index is 13.4. The molecule has 1 aromatic carbocycles. The van der Waals surface area contributed by atoms with Crippen LogP contribution in [0.5, 0.6) is 0 Å². The van der Waals surface area contributed by atoms with Crippen molar-refractivity contribution in [2.24, 2.45) is 5.73 Å². The Hall–Kier alpha value is -0.820. The molecule has 2 unspecified atom stereocenters. The van der Waals surface area contributed by atoms with E-state index in [4.69, 9.17) is 10.6 Å². The number of nitrogens with zero attached hydrogens (tertiary/aromatic N) is 1. The van der Waals surface area contributed by atoms with Gasteiger partial charge in [0, 0.05) is 6.20 Å². The second-order valence-electron chi connectivity index (χ2n) is 6.04. The summed E-state index contributed by atoms with van der Waals surface area (Å²) in [5.74, 6) is -1.80. The van der Waals surface area contributed by atoms with Crippen LogP contribution >= 0.6 is 19.2 Å². The van der Waals surface area contributed by atoms with Gasteiger partial charge in [0.15, 0.2) is 0 Å². The molecule has 0 aliphatic rings. The van der Waals surface area contributed by atoms with Crippen LogP contribution in [-0.4, -0.2) is 34.9 Å². The zero-order valence-electron chi connectivity index (χ0n) is 16.0. The second-order valence-corrected chi connectivity index (χ2v) is 8.25. The normalized spacial score (nSPS) is 16.3. The summed E-state index contributed by atoms with van der Waals surface area (Å²) in [4.78, 5) is 36.3. The van der Waals surface area contributed by atoms with Crippen LogP contribution in [0.4, 0.5) is 13.2 Å². The topological polar surface area (TPSA) is 138 Å². The molecule has 1 heterocycles. The fraction of sp³-hybridized carbons (Fsp3) is 0.375. The van der Waals surface area contributed by atoms with Crippen molar-refractivity contribution in [1.82, 2.24) is 10.3 Å². The summed E-state index contributed by atoms with van der Waals surface area (Å²) in [6.07, 6.45) is -3.60. The molecule has 14 heteroatoms. The number of amides is 1. The van der Waals surface area contributed by atoms with Crippen molar-refractivity contribution in [2.45, 2.75) is 31.5 Å². The number of hydrogen-bond acceptors (Lipinski definition) is 7. The maximum atomic E-state index is 13.4. The third-order valence-corrected chi connectivity index (χ3v) is 5.48. The Bertz CT molecular complexity index is 881. The van der Waals surface area contributed by atoms with E-state index >= 15 is 0 Å². The van der Waals surface area contributed by atoms with Crippen LogP contribution in [0.1, 0.15) is 29.6 Å². The smallest absolute Gasteiger partial charge is 0.756 e. The largest absolute Gasteiger partial charge is 1.00 e. The van der Waals surface area contributed by atoms with Gasteiger partial charge in [-0.15, -0.1) is 11.3 Å². The number of halogens is 3. The number of nitrogens with two attached hydrogens (primary N) is 1. The number of hydrogen-bond donors (Lipinski definition) is 3. The Labute approximate surface area is 196 Å². The predicted molar refractivity (Wildman–Crippen MR) is 97.7 cm³/mol. The summed E-state index contributed by atoms with van der Waals surface area (Å²) in [6, 6.07) is 3.77. The number of nitrogens with one attached hydrogen (secondary N) is 1. The summed E-state index contributed by atoms with van der Waals surface area (Å²) >= 11 is 1.34. The average Bonchev–Trinajstić information content (AvgIpc) is 3.14. The number of alkyl halides is 3. The second kappa shape index (κ2) is 11.7. The van der Waals surface area contributed by atoms with E-state index in [1.165, 1.54) is 23.5 Å². The van der Waals surface area contributed by atoms with Gasteiger partial charge in [0.25, 0.3) is 13.7 Å². The standard InChI is InChI=1S/C16H19F3N3O5PS.Na/c1-8(20)16-21-7-12(29-16)9-2-4-10(5-3-9)13(27-28(24,25)26)11(6-17)22-15(23)14(18)19;/h2-5,7-8,11,13-14H,6,20H2,1H3,(H,22,23)(H2,24,25,26);/q;+1/p-1/t8?,11-,13-;/m1./s1. The van der Waals surface area contributed by atoms with Crippen molar-refractivity contribution in [1.29, 1.82) is 0 Å². The number of rotatable bonds is 9. The minimum Gasteiger partial charge on any atom is -0.756 e. The summed E-state index contributed by atoms with van der Waals surface area (Å²) in [5.41, 5.74) is 6.48. The number of thiazole rings is 1. The van der Waals surface area contributed by atoms with Crippen LogP contribution in [0.3, 0.4) is 0 Å². The zero-order valence-corrected chi connectivity index (χ0v) is 19.7. The molecule has 0 saturated carbocycles. The molecule has 2 rings (SSSR count). The van der Waals surface area contributed by atoms with Gasteiger partial charge in [0.2, 0.25) is 0 Å². The monoisotopic (exact) mass is 475 g/mol. The Balaban J connectivity index is 0.00000450. The first kappa shape index (κ1) is 27.2. The molecule has 160 valence electrons. The molecule has 4 N–H and O–H groups in total. The van der Waals surface area contributed by atoms with Gasteiger partial charge in [-0.05, 0) is 18.1 Å². The molecule has 30 heavy (non-hydrogen) atoms. The van der Waals surface area contributed by atoms with E-state index in [1.54, 1.807) is 30.6 Å². The molecule has 0 saturated heterocycles. The quantitative estimate of drug-likeness (QED) is 0.315. The third-order valence-electron chi connectivity index (χ3n) is 3.74. The molecule has 4 atom stereocenters. The number of phosphoric acid groups is 1. The molecule has 0 spiro atoms. The summed E-state index contributed by atoms with van der Waals surface area (Å²) in [7, 11) is -5.38. The van der Waals surface area contributed by atoms with Gasteiger partial charge in [-0.2, -0.15) is 8.78 Å². The zero-order chi connectivity index (χ0) is 21.8. The Morgan fingerprint density at radius 1 is 1.40 bits per heavy atom. The number of benzene rings is 1. The van der Waals surface area contributed by atoms with Crippen molar-refractivity contribution in [3.63, 3.8) is 0 Å². The minimum absolute atomic E-state index is 0. The molecule has 8 nitrogen and oxygen atoms in total. The van der Waals surface area contributed by atoms with Crippen molar-refractivity contribution in [2.75, 3.05) is 6.67 Å². The van der Waals surface area contributed by atoms with Gasteiger partial charge in [0.1, 0.15) is 17.8 Å². The van der Waals surface area contributed by atoms with E-state index in [0.717, 1.165) is 4.88 Å². The van der Waals surface area contributed by atoms with E-state index in [-0.39, 0.29) is 41.2 Å². The van der Waals surface area contributed by atoms with E-state index in [1.807, 2.05) is 0 Å². The van der Waals surface area contributed by atoms with Crippen LogP contribution in [-0.2, 0) is 13.9 Å². The first-order valence-electron chi connectivity index (χ1n) is 8.20. The average molecular weight is 475 g/mol. The van der Waals surface area contributed by atoms with Crippen LogP contribution in [0.2, 0.25) is 0 Å². The molecule has 1 aromatic heterocycles. The van der Waals surface area contributed by atoms with Crippen LogP contribution in [0, 0.1) is 0 Å². The molecule has 1 amide bonds. The Kier molecular flexibility index (Phi) is 10.6. The molecule has 0 bridgehead atoms. The van der Waals surface area contributed by atoms with Crippen molar-refractivity contribution in [3.05, 3.63) is 41.0 Å². The van der Waals surface area contributed by atoms with Gasteiger partial charge >= 0.3 is 36.0 Å². The van der Waals surface area contributed by atoms with Crippen LogP contribution in [0.15, 0.2) is 30.5 Å². The summed E-state index contributed by atoms with van der Waals surface area (Å²) in [6.45, 7) is 0.353. The van der Waals surface area contributed by atoms with Crippen molar-refractivity contribution in [3.8, 4) is 10.4 Å². The van der Waals surface area contributed by atoms with E-state index < -0.39 is 39.0 Å². The van der Waals surface area contributed by atoms with Gasteiger partial charge in [-0.25, -0.2) is 9.37 Å². The fourth-order valence-corrected chi connectivity index (χ4v) is 3.85. The van der Waals surface area contributed by atoms with Crippen molar-refractivity contribution >= 4 is 25.1 Å². The molecule has 0 aliphatic carbocycles. The van der Waals surface area contributed by atoms with Gasteiger partial charge in [-0.1, -0.05) is 24.3 Å². The molecule has 0 fully saturated rings. The predicted octanol–water partition coefficient (Wildman–Crippen LogP) is -0.928. The Morgan fingerprint density at radius 3 is 2.43 bits per heavy atom. The number of carbonyl (C=O) groups is 1. The first-order chi connectivity index (χ1) is 13.5. The third kappa shape index (κ3) is 7.70. The minimum atomic E-state index is -5.38. The molecule has 0 aliphatic heterocycles. The van der Waals surface area contributed by atoms with E-state index in [2.05, 4.69) is 9.51 Å². The van der Waals surface area contributed by atoms with Crippen molar-refractivity contribution < 1.29 is 66.4 Å². The molecular formula is C16H18F3N3NaO5PS. The number of aromatic nitrogens is 1. The van der Waals surface area contributed by atoms with E-state index in [9.17, 15) is 27.4 Å². The molecular weight excluding hydrogens is 457 g/mol. The SMILES string of the molecule is CC(N)c1ncc(-c2ccc([C@@H](OP(=O)([O-])O)[C@@H](CF)NC(=O)C(F)F)cc2)s1.[Na+]. The van der Waals surface area contributed by atoms with Crippen LogP contribution < -0.4 is 45.5 Å². The fourth-order valence-electron chi connectivity index (χ4n) is 2.42. The van der Waals surface area contributed by atoms with Gasteiger partial charge in [-0.3, -0.25) is 9.36 Å². The van der Waals surface area contributed by atoms with Gasteiger partial charge in [0.05, 0.1) is 17.0 Å². The number of carbonyl (C=O) groups excluding carboxylic acids is 1. The Morgan fingerprint density at radius 2 is 2.00 bits per heavy atom. The van der Waals surface area contributed by atoms with Gasteiger partial charge < -0.3 is 25.4 Å². The number of phosphoric ester groups is 1. The molecule has 2 aromatic rings. The van der Waals surface area contributed by atoms with Crippen LogP contribution in [0.25, 0.3) is 10.4 Å². The summed E-state index contributed by atoms with van der Waals surface area (Å²) < 4.78 is 54.0. The summed E-state index contributed by atoms with van der Waals surface area (Å²) in [5, 5.41) is 2.37. The molecule has 0 radical (unpaired) electrons.